The first-order valence-corrected chi connectivity index (χ1v) is 8.87. The van der Waals surface area contributed by atoms with Crippen molar-refractivity contribution in [1.82, 2.24) is 19.6 Å². The maximum Gasteiger partial charge on any atom is 0.257 e. The number of aromatic nitrogens is 2. The van der Waals surface area contributed by atoms with Crippen LogP contribution in [0, 0.1) is 0 Å². The predicted molar refractivity (Wildman–Crippen MR) is 96.7 cm³/mol. The fourth-order valence-electron chi connectivity index (χ4n) is 3.24. The van der Waals surface area contributed by atoms with Crippen molar-refractivity contribution in [3.8, 4) is 5.75 Å². The number of aryl methyl sites for hydroxylation is 1. The third-order valence-electron chi connectivity index (χ3n) is 4.63. The lowest BCUT2D eigenvalue weighted by Crippen LogP contribution is -2.35. The number of carbonyl (C=O) groups excluding carboxylic acids is 1. The monoisotopic (exact) mass is 342 g/mol. The molecule has 25 heavy (non-hydrogen) atoms. The van der Waals surface area contributed by atoms with Gasteiger partial charge in [0.1, 0.15) is 5.75 Å². The van der Waals surface area contributed by atoms with Crippen LogP contribution < -0.4 is 4.74 Å². The Morgan fingerprint density at radius 3 is 2.80 bits per heavy atom. The van der Waals surface area contributed by atoms with Crippen molar-refractivity contribution in [3.05, 3.63) is 47.8 Å². The Bertz CT molecular complexity index is 713. The summed E-state index contributed by atoms with van der Waals surface area (Å²) in [5.74, 6) is 0.693. The van der Waals surface area contributed by atoms with E-state index in [1.165, 1.54) is 5.56 Å². The van der Waals surface area contributed by atoms with Gasteiger partial charge >= 0.3 is 0 Å². The minimum Gasteiger partial charge on any atom is -0.496 e. The van der Waals surface area contributed by atoms with Crippen LogP contribution in [0.2, 0.25) is 0 Å². The Hall–Kier alpha value is -2.34. The van der Waals surface area contributed by atoms with Crippen LogP contribution in [0.4, 0.5) is 0 Å². The van der Waals surface area contributed by atoms with E-state index in [4.69, 9.17) is 4.74 Å². The smallest absolute Gasteiger partial charge is 0.257 e. The zero-order chi connectivity index (χ0) is 17.6. The average molecular weight is 342 g/mol. The lowest BCUT2D eigenvalue weighted by Gasteiger charge is -2.22. The van der Waals surface area contributed by atoms with Crippen LogP contribution in [0.1, 0.15) is 29.3 Å². The van der Waals surface area contributed by atoms with E-state index in [-0.39, 0.29) is 5.91 Å². The molecular weight excluding hydrogens is 316 g/mol. The van der Waals surface area contributed by atoms with Crippen molar-refractivity contribution < 1.29 is 9.53 Å². The molecule has 0 atom stereocenters. The van der Waals surface area contributed by atoms with Crippen LogP contribution in [0.15, 0.2) is 36.7 Å². The van der Waals surface area contributed by atoms with Crippen molar-refractivity contribution in [2.75, 3.05) is 33.3 Å². The molecule has 6 heteroatoms. The Balaban J connectivity index is 1.62. The molecule has 0 bridgehead atoms. The summed E-state index contributed by atoms with van der Waals surface area (Å²) in [4.78, 5) is 17.2. The summed E-state index contributed by atoms with van der Waals surface area (Å²) in [6.45, 7) is 7.24. The van der Waals surface area contributed by atoms with Crippen molar-refractivity contribution in [2.45, 2.75) is 26.4 Å². The normalized spacial score (nSPS) is 15.8. The van der Waals surface area contributed by atoms with E-state index in [1.54, 1.807) is 7.11 Å². The van der Waals surface area contributed by atoms with Crippen molar-refractivity contribution in [2.24, 2.45) is 0 Å². The van der Waals surface area contributed by atoms with Gasteiger partial charge in [-0.15, -0.1) is 0 Å². The molecule has 1 fully saturated rings. The van der Waals surface area contributed by atoms with E-state index in [0.29, 0.717) is 11.3 Å². The Labute approximate surface area is 149 Å². The highest BCUT2D eigenvalue weighted by atomic mass is 16.5. The van der Waals surface area contributed by atoms with Gasteiger partial charge in [0.2, 0.25) is 0 Å². The van der Waals surface area contributed by atoms with Crippen LogP contribution in [0.5, 0.6) is 5.75 Å². The highest BCUT2D eigenvalue weighted by Gasteiger charge is 2.22. The zero-order valence-electron chi connectivity index (χ0n) is 15.0. The molecule has 1 aromatic heterocycles. The fraction of sp³-hybridized carbons (Fsp3) is 0.474. The Morgan fingerprint density at radius 1 is 1.20 bits per heavy atom. The molecule has 2 heterocycles. The molecule has 134 valence electrons. The first-order chi connectivity index (χ1) is 12.2. The lowest BCUT2D eigenvalue weighted by molar-refractivity contribution is 0.0757. The molecule has 0 radical (unpaired) electrons. The number of methoxy groups -OCH3 is 1. The number of nitrogens with zero attached hydrogens (tertiary/aromatic N) is 4. The van der Waals surface area contributed by atoms with Crippen LogP contribution in [-0.2, 0) is 13.1 Å². The number of benzene rings is 1. The fourth-order valence-corrected chi connectivity index (χ4v) is 3.24. The second-order valence-electron chi connectivity index (χ2n) is 6.33. The number of ether oxygens (including phenoxy) is 1. The molecular formula is C19H26N4O2. The molecule has 0 aliphatic carbocycles. The molecule has 0 unspecified atom stereocenters. The molecule has 1 aromatic carbocycles. The van der Waals surface area contributed by atoms with Gasteiger partial charge in [-0.25, -0.2) is 0 Å². The summed E-state index contributed by atoms with van der Waals surface area (Å²) >= 11 is 0. The molecule has 1 aliphatic heterocycles. The van der Waals surface area contributed by atoms with Crippen LogP contribution in [0.3, 0.4) is 0 Å². The van der Waals surface area contributed by atoms with E-state index in [2.05, 4.69) is 23.1 Å². The standard InChI is InChI=1S/C19H26N4O2/c1-3-23-15-16(13-20-23)14-21-9-6-10-22(12-11-21)19(24)17-7-4-5-8-18(17)25-2/h4-5,7-8,13,15H,3,6,9-12,14H2,1-2H3. The summed E-state index contributed by atoms with van der Waals surface area (Å²) in [6, 6.07) is 7.44. The van der Waals surface area contributed by atoms with Gasteiger partial charge in [-0.1, -0.05) is 12.1 Å². The van der Waals surface area contributed by atoms with E-state index in [0.717, 1.165) is 45.7 Å². The van der Waals surface area contributed by atoms with Gasteiger partial charge < -0.3 is 9.64 Å². The maximum atomic E-state index is 12.9. The molecule has 3 rings (SSSR count). The molecule has 1 amide bonds. The maximum absolute atomic E-state index is 12.9. The van der Waals surface area contributed by atoms with Crippen molar-refractivity contribution in [1.29, 1.82) is 0 Å². The van der Waals surface area contributed by atoms with E-state index >= 15 is 0 Å². The average Bonchev–Trinajstić information content (AvgIpc) is 2.98. The number of hydrogen-bond donors (Lipinski definition) is 0. The van der Waals surface area contributed by atoms with Crippen molar-refractivity contribution in [3.63, 3.8) is 0 Å². The number of hydrogen-bond acceptors (Lipinski definition) is 4. The minimum absolute atomic E-state index is 0.0538. The van der Waals surface area contributed by atoms with Crippen molar-refractivity contribution >= 4 is 5.91 Å². The van der Waals surface area contributed by atoms with E-state index < -0.39 is 0 Å². The van der Waals surface area contributed by atoms with Crippen LogP contribution in [-0.4, -0.2) is 58.8 Å². The molecule has 1 aliphatic rings. The quantitative estimate of drug-likeness (QED) is 0.836. The molecule has 0 N–H and O–H groups in total. The third kappa shape index (κ3) is 4.20. The first-order valence-electron chi connectivity index (χ1n) is 8.87. The Morgan fingerprint density at radius 2 is 2.04 bits per heavy atom. The predicted octanol–water partition coefficient (Wildman–Crippen LogP) is 2.26. The number of rotatable bonds is 5. The van der Waals surface area contributed by atoms with Gasteiger partial charge in [0.25, 0.3) is 5.91 Å². The largest absolute Gasteiger partial charge is 0.496 e. The summed E-state index contributed by atoms with van der Waals surface area (Å²) in [6.07, 6.45) is 5.01. The highest BCUT2D eigenvalue weighted by molar-refractivity contribution is 5.97. The van der Waals surface area contributed by atoms with Gasteiger partial charge in [-0.3, -0.25) is 14.4 Å². The third-order valence-corrected chi connectivity index (χ3v) is 4.63. The van der Waals surface area contributed by atoms with Gasteiger partial charge in [0.15, 0.2) is 0 Å². The Kier molecular flexibility index (Phi) is 5.71. The summed E-state index contributed by atoms with van der Waals surface area (Å²) < 4.78 is 7.28. The van der Waals surface area contributed by atoms with Gasteiger partial charge in [0, 0.05) is 51.0 Å². The van der Waals surface area contributed by atoms with Gasteiger partial charge in [-0.05, 0) is 25.5 Å². The summed E-state index contributed by atoms with van der Waals surface area (Å²) in [7, 11) is 1.60. The number of para-hydroxylation sites is 1. The highest BCUT2D eigenvalue weighted by Crippen LogP contribution is 2.20. The molecule has 6 nitrogen and oxygen atoms in total. The molecule has 1 saturated heterocycles. The second-order valence-corrected chi connectivity index (χ2v) is 6.33. The molecule has 2 aromatic rings. The SMILES string of the molecule is CCn1cc(CN2CCCN(C(=O)c3ccccc3OC)CC2)cn1. The molecule has 0 saturated carbocycles. The number of carbonyl (C=O) groups is 1. The van der Waals surface area contributed by atoms with Gasteiger partial charge in [0.05, 0.1) is 18.9 Å². The minimum atomic E-state index is 0.0538. The van der Waals surface area contributed by atoms with Crippen LogP contribution >= 0.6 is 0 Å². The van der Waals surface area contributed by atoms with E-state index in [9.17, 15) is 4.79 Å². The van der Waals surface area contributed by atoms with Gasteiger partial charge in [-0.2, -0.15) is 5.10 Å². The first kappa shape index (κ1) is 17.5. The number of amides is 1. The summed E-state index contributed by atoms with van der Waals surface area (Å²) in [5.41, 5.74) is 1.87. The van der Waals surface area contributed by atoms with Crippen LogP contribution in [0.25, 0.3) is 0 Å². The van der Waals surface area contributed by atoms with E-state index in [1.807, 2.05) is 40.0 Å². The lowest BCUT2D eigenvalue weighted by atomic mass is 10.1. The zero-order valence-corrected chi connectivity index (χ0v) is 15.0. The second kappa shape index (κ2) is 8.16. The summed E-state index contributed by atoms with van der Waals surface area (Å²) in [5, 5.41) is 4.34. The molecule has 0 spiro atoms. The topological polar surface area (TPSA) is 50.6 Å².